The van der Waals surface area contributed by atoms with Crippen LogP contribution in [-0.2, 0) is 0 Å². The molecule has 0 unspecified atom stereocenters. The highest BCUT2D eigenvalue weighted by Crippen LogP contribution is 1.83. The molecule has 0 heterocycles. The third-order valence-electron chi connectivity index (χ3n) is 1.21. The van der Waals surface area contributed by atoms with Crippen LogP contribution in [0.1, 0.15) is 19.8 Å². The number of carbonyl (C=O) groups excluding carboxylic acids is 1. The van der Waals surface area contributed by atoms with Crippen LogP contribution in [0.25, 0.3) is 0 Å². The standard InChI is InChI=1S/C7H16N2O/c1-4-5-6-8-7(10)9(2)3/h4-6H2,1-3H3,(H,8,10). The number of unbranched alkanes of at least 4 members (excludes halogenated alkanes) is 1. The van der Waals surface area contributed by atoms with Gasteiger partial charge >= 0.3 is 6.03 Å². The van der Waals surface area contributed by atoms with E-state index in [2.05, 4.69) is 12.2 Å². The molecule has 0 aliphatic carbocycles. The molecule has 3 nitrogen and oxygen atoms in total. The van der Waals surface area contributed by atoms with Crippen molar-refractivity contribution in [2.75, 3.05) is 20.6 Å². The Balaban J connectivity index is 3.22. The van der Waals surface area contributed by atoms with Gasteiger partial charge in [0.1, 0.15) is 0 Å². The van der Waals surface area contributed by atoms with E-state index >= 15 is 0 Å². The fraction of sp³-hybridized carbons (Fsp3) is 0.857. The number of hydrogen-bond acceptors (Lipinski definition) is 1. The number of nitrogens with zero attached hydrogens (tertiary/aromatic N) is 1. The lowest BCUT2D eigenvalue weighted by atomic mass is 10.3. The van der Waals surface area contributed by atoms with Gasteiger partial charge in [0.15, 0.2) is 0 Å². The molecule has 0 aromatic carbocycles. The van der Waals surface area contributed by atoms with Crippen molar-refractivity contribution in [3.8, 4) is 0 Å². The molecule has 0 saturated heterocycles. The Morgan fingerprint density at radius 1 is 1.50 bits per heavy atom. The third-order valence-corrected chi connectivity index (χ3v) is 1.21. The summed E-state index contributed by atoms with van der Waals surface area (Å²) in [5.74, 6) is 0. The summed E-state index contributed by atoms with van der Waals surface area (Å²) < 4.78 is 0. The summed E-state index contributed by atoms with van der Waals surface area (Å²) in [5.41, 5.74) is 0. The van der Waals surface area contributed by atoms with Crippen molar-refractivity contribution < 1.29 is 4.79 Å². The Labute approximate surface area is 62.4 Å². The highest BCUT2D eigenvalue weighted by molar-refractivity contribution is 5.73. The smallest absolute Gasteiger partial charge is 0.316 e. The van der Waals surface area contributed by atoms with Gasteiger partial charge in [0, 0.05) is 20.6 Å². The van der Waals surface area contributed by atoms with E-state index in [1.54, 1.807) is 14.1 Å². The van der Waals surface area contributed by atoms with Crippen LogP contribution in [0.4, 0.5) is 4.79 Å². The van der Waals surface area contributed by atoms with Crippen molar-refractivity contribution in [1.29, 1.82) is 0 Å². The molecule has 2 amide bonds. The minimum Gasteiger partial charge on any atom is -0.338 e. The summed E-state index contributed by atoms with van der Waals surface area (Å²) in [6.07, 6.45) is 2.17. The van der Waals surface area contributed by atoms with Crippen LogP contribution in [0.3, 0.4) is 0 Å². The molecule has 0 rings (SSSR count). The molecule has 0 atom stereocenters. The number of hydrogen-bond donors (Lipinski definition) is 1. The monoisotopic (exact) mass is 144 g/mol. The van der Waals surface area contributed by atoms with E-state index in [1.807, 2.05) is 0 Å². The first-order valence-corrected chi connectivity index (χ1v) is 3.63. The lowest BCUT2D eigenvalue weighted by Gasteiger charge is -2.10. The molecule has 10 heavy (non-hydrogen) atoms. The van der Waals surface area contributed by atoms with Crippen LogP contribution in [0, 0.1) is 0 Å². The molecule has 60 valence electrons. The van der Waals surface area contributed by atoms with Gasteiger partial charge in [-0.05, 0) is 6.42 Å². The Morgan fingerprint density at radius 3 is 2.50 bits per heavy atom. The second-order valence-corrected chi connectivity index (χ2v) is 2.48. The van der Waals surface area contributed by atoms with Gasteiger partial charge in [0.05, 0.1) is 0 Å². The highest BCUT2D eigenvalue weighted by Gasteiger charge is 1.98. The van der Waals surface area contributed by atoms with Gasteiger partial charge in [-0.2, -0.15) is 0 Å². The van der Waals surface area contributed by atoms with Crippen molar-refractivity contribution in [2.24, 2.45) is 0 Å². The van der Waals surface area contributed by atoms with Gasteiger partial charge in [-0.25, -0.2) is 4.79 Å². The van der Waals surface area contributed by atoms with Crippen molar-refractivity contribution in [3.05, 3.63) is 0 Å². The third kappa shape index (κ3) is 4.18. The molecule has 0 aromatic rings. The molecule has 0 aliphatic heterocycles. The maximum atomic E-state index is 10.8. The molecule has 0 saturated carbocycles. The number of amides is 2. The summed E-state index contributed by atoms with van der Waals surface area (Å²) in [4.78, 5) is 12.4. The fourth-order valence-electron chi connectivity index (χ4n) is 0.530. The van der Waals surface area contributed by atoms with Crippen molar-refractivity contribution in [1.82, 2.24) is 10.2 Å². The Kier molecular flexibility index (Phi) is 4.72. The van der Waals surface area contributed by atoms with E-state index in [0.29, 0.717) is 0 Å². The number of carbonyl (C=O) groups is 1. The van der Waals surface area contributed by atoms with Crippen LogP contribution >= 0.6 is 0 Å². The van der Waals surface area contributed by atoms with E-state index in [-0.39, 0.29) is 6.03 Å². The average molecular weight is 144 g/mol. The topological polar surface area (TPSA) is 32.3 Å². The molecule has 0 bridgehead atoms. The maximum Gasteiger partial charge on any atom is 0.316 e. The Bertz CT molecular complexity index is 102. The molecule has 0 radical (unpaired) electrons. The van der Waals surface area contributed by atoms with E-state index < -0.39 is 0 Å². The zero-order valence-corrected chi connectivity index (χ0v) is 6.98. The second-order valence-electron chi connectivity index (χ2n) is 2.48. The summed E-state index contributed by atoms with van der Waals surface area (Å²) in [6.45, 7) is 2.88. The largest absolute Gasteiger partial charge is 0.338 e. The summed E-state index contributed by atoms with van der Waals surface area (Å²) in [5, 5.41) is 2.77. The predicted octanol–water partition coefficient (Wildman–Crippen LogP) is 1.06. The first-order chi connectivity index (χ1) is 4.68. The zero-order valence-electron chi connectivity index (χ0n) is 6.98. The second kappa shape index (κ2) is 5.09. The lowest BCUT2D eigenvalue weighted by Crippen LogP contribution is -2.34. The van der Waals surface area contributed by atoms with Crippen LogP contribution in [0.5, 0.6) is 0 Å². The number of urea groups is 1. The average Bonchev–Trinajstić information content (AvgIpc) is 1.88. The normalized spacial score (nSPS) is 9.10. The van der Waals surface area contributed by atoms with Crippen LogP contribution in [-0.4, -0.2) is 31.6 Å². The molecule has 3 heteroatoms. The Morgan fingerprint density at radius 2 is 2.10 bits per heavy atom. The van der Waals surface area contributed by atoms with Crippen molar-refractivity contribution >= 4 is 6.03 Å². The summed E-state index contributed by atoms with van der Waals surface area (Å²) in [7, 11) is 3.47. The molecular formula is C7H16N2O. The number of rotatable bonds is 3. The zero-order chi connectivity index (χ0) is 7.98. The van der Waals surface area contributed by atoms with Gasteiger partial charge in [-0.1, -0.05) is 13.3 Å². The van der Waals surface area contributed by atoms with E-state index in [0.717, 1.165) is 19.4 Å². The van der Waals surface area contributed by atoms with Crippen molar-refractivity contribution in [3.63, 3.8) is 0 Å². The SMILES string of the molecule is CCCCNC(=O)N(C)C. The first-order valence-electron chi connectivity index (χ1n) is 3.63. The fourth-order valence-corrected chi connectivity index (χ4v) is 0.530. The van der Waals surface area contributed by atoms with Gasteiger partial charge in [-0.3, -0.25) is 0 Å². The minimum absolute atomic E-state index is 0.00606. The lowest BCUT2D eigenvalue weighted by molar-refractivity contribution is 0.217. The molecule has 0 fully saturated rings. The number of nitrogens with one attached hydrogen (secondary N) is 1. The molecule has 0 spiro atoms. The van der Waals surface area contributed by atoms with Crippen LogP contribution in [0.15, 0.2) is 0 Å². The summed E-state index contributed by atoms with van der Waals surface area (Å²) >= 11 is 0. The van der Waals surface area contributed by atoms with E-state index in [4.69, 9.17) is 0 Å². The van der Waals surface area contributed by atoms with Crippen LogP contribution < -0.4 is 5.32 Å². The van der Waals surface area contributed by atoms with Gasteiger partial charge in [0.2, 0.25) is 0 Å². The molecular weight excluding hydrogens is 128 g/mol. The van der Waals surface area contributed by atoms with Gasteiger partial charge < -0.3 is 10.2 Å². The predicted molar refractivity (Wildman–Crippen MR) is 42.0 cm³/mol. The molecule has 1 N–H and O–H groups in total. The minimum atomic E-state index is -0.00606. The van der Waals surface area contributed by atoms with Gasteiger partial charge in [0.25, 0.3) is 0 Å². The molecule has 0 aliphatic rings. The highest BCUT2D eigenvalue weighted by atomic mass is 16.2. The Hall–Kier alpha value is -0.730. The van der Waals surface area contributed by atoms with E-state index in [1.165, 1.54) is 4.90 Å². The first kappa shape index (κ1) is 9.27. The van der Waals surface area contributed by atoms with E-state index in [9.17, 15) is 4.79 Å². The summed E-state index contributed by atoms with van der Waals surface area (Å²) in [6, 6.07) is -0.00606. The quantitative estimate of drug-likeness (QED) is 0.590. The maximum absolute atomic E-state index is 10.8. The molecule has 0 aromatic heterocycles. The van der Waals surface area contributed by atoms with Crippen LogP contribution in [0.2, 0.25) is 0 Å². The van der Waals surface area contributed by atoms with Gasteiger partial charge in [-0.15, -0.1) is 0 Å². The van der Waals surface area contributed by atoms with Crippen molar-refractivity contribution in [2.45, 2.75) is 19.8 Å².